The standard InChI is InChI=1S/C21H27N3O3S/c1-4-27-15-12-10-14(11-13-15)19(25)22-21-18(20(26)23-24(2)3)16-8-6-5-7-9-17(16)28-21/h10-13H,4-9H2,1-3H3,(H,22,25)(H,23,26). The quantitative estimate of drug-likeness (QED) is 0.569. The normalized spacial score (nSPS) is 13.6. The number of ether oxygens (including phenoxy) is 1. The molecule has 1 aromatic carbocycles. The lowest BCUT2D eigenvalue weighted by Crippen LogP contribution is -2.36. The minimum Gasteiger partial charge on any atom is -0.494 e. The van der Waals surface area contributed by atoms with Crippen LogP contribution in [0.25, 0.3) is 0 Å². The van der Waals surface area contributed by atoms with Crippen molar-refractivity contribution in [3.8, 4) is 5.75 Å². The van der Waals surface area contributed by atoms with Gasteiger partial charge in [0.05, 0.1) is 12.2 Å². The molecule has 0 spiro atoms. The van der Waals surface area contributed by atoms with E-state index in [4.69, 9.17) is 4.74 Å². The highest BCUT2D eigenvalue weighted by molar-refractivity contribution is 7.17. The van der Waals surface area contributed by atoms with Crippen LogP contribution in [0.5, 0.6) is 5.75 Å². The van der Waals surface area contributed by atoms with Crippen molar-refractivity contribution in [2.24, 2.45) is 0 Å². The zero-order valence-corrected chi connectivity index (χ0v) is 17.4. The average molecular weight is 402 g/mol. The van der Waals surface area contributed by atoms with Crippen LogP contribution in [0.3, 0.4) is 0 Å². The monoisotopic (exact) mass is 401 g/mol. The summed E-state index contributed by atoms with van der Waals surface area (Å²) in [4.78, 5) is 26.8. The number of thiophene rings is 1. The van der Waals surface area contributed by atoms with Crippen LogP contribution in [-0.4, -0.2) is 37.5 Å². The van der Waals surface area contributed by atoms with E-state index in [0.717, 1.165) is 37.0 Å². The van der Waals surface area contributed by atoms with E-state index in [1.54, 1.807) is 43.4 Å². The molecular formula is C21H27N3O3S. The van der Waals surface area contributed by atoms with E-state index in [1.807, 2.05) is 6.92 Å². The maximum Gasteiger partial charge on any atom is 0.268 e. The number of nitrogens with zero attached hydrogens (tertiary/aromatic N) is 1. The molecule has 1 aromatic heterocycles. The summed E-state index contributed by atoms with van der Waals surface area (Å²) in [6.07, 6.45) is 5.19. The van der Waals surface area contributed by atoms with Crippen molar-refractivity contribution < 1.29 is 14.3 Å². The van der Waals surface area contributed by atoms with E-state index in [0.29, 0.717) is 22.7 Å². The molecule has 0 saturated heterocycles. The second kappa shape index (κ2) is 9.21. The van der Waals surface area contributed by atoms with Crippen LogP contribution < -0.4 is 15.5 Å². The molecule has 1 heterocycles. The third-order valence-corrected chi connectivity index (χ3v) is 5.84. The van der Waals surface area contributed by atoms with E-state index in [1.165, 1.54) is 22.6 Å². The van der Waals surface area contributed by atoms with Crippen LogP contribution in [0.4, 0.5) is 5.00 Å². The maximum absolute atomic E-state index is 12.8. The molecule has 1 aliphatic rings. The Bertz CT molecular complexity index is 843. The number of amides is 2. The summed E-state index contributed by atoms with van der Waals surface area (Å²) in [6.45, 7) is 2.50. The van der Waals surface area contributed by atoms with Gasteiger partial charge in [-0.1, -0.05) is 6.42 Å². The van der Waals surface area contributed by atoms with Crippen LogP contribution in [-0.2, 0) is 12.8 Å². The van der Waals surface area contributed by atoms with Gasteiger partial charge in [-0.3, -0.25) is 15.0 Å². The zero-order valence-electron chi connectivity index (χ0n) is 16.6. The minimum absolute atomic E-state index is 0.175. The van der Waals surface area contributed by atoms with Crippen molar-refractivity contribution >= 4 is 28.2 Å². The number of nitrogens with one attached hydrogen (secondary N) is 2. The lowest BCUT2D eigenvalue weighted by molar-refractivity contribution is 0.0857. The van der Waals surface area contributed by atoms with Gasteiger partial charge >= 0.3 is 0 Å². The Balaban J connectivity index is 1.87. The predicted octanol–water partition coefficient (Wildman–Crippen LogP) is 3.87. The highest BCUT2D eigenvalue weighted by Crippen LogP contribution is 2.37. The first kappa shape index (κ1) is 20.4. The Labute approximate surface area is 169 Å². The molecule has 2 N–H and O–H groups in total. The van der Waals surface area contributed by atoms with E-state index in [2.05, 4.69) is 10.7 Å². The summed E-state index contributed by atoms with van der Waals surface area (Å²) < 4.78 is 5.43. The molecule has 0 saturated carbocycles. The first-order valence-electron chi connectivity index (χ1n) is 9.66. The number of carbonyl (C=O) groups excluding carboxylic acids is 2. The van der Waals surface area contributed by atoms with Crippen molar-refractivity contribution in [3.63, 3.8) is 0 Å². The molecule has 0 bridgehead atoms. The number of hydrogen-bond acceptors (Lipinski definition) is 5. The molecule has 6 nitrogen and oxygen atoms in total. The summed E-state index contributed by atoms with van der Waals surface area (Å²) >= 11 is 1.53. The molecule has 0 fully saturated rings. The van der Waals surface area contributed by atoms with Crippen LogP contribution in [0.2, 0.25) is 0 Å². The van der Waals surface area contributed by atoms with Gasteiger partial charge in [-0.25, -0.2) is 5.01 Å². The Morgan fingerprint density at radius 1 is 1.07 bits per heavy atom. The number of anilines is 1. The predicted molar refractivity (Wildman–Crippen MR) is 112 cm³/mol. The Morgan fingerprint density at radius 3 is 2.46 bits per heavy atom. The van der Waals surface area contributed by atoms with Crippen molar-refractivity contribution in [2.45, 2.75) is 39.0 Å². The first-order valence-corrected chi connectivity index (χ1v) is 10.5. The van der Waals surface area contributed by atoms with Gasteiger partial charge < -0.3 is 10.1 Å². The summed E-state index contributed by atoms with van der Waals surface area (Å²) in [5.41, 5.74) is 5.05. The van der Waals surface area contributed by atoms with E-state index < -0.39 is 0 Å². The van der Waals surface area contributed by atoms with E-state index in [-0.39, 0.29) is 11.8 Å². The Hall–Kier alpha value is -2.38. The van der Waals surface area contributed by atoms with Gasteiger partial charge in [0.25, 0.3) is 11.8 Å². The van der Waals surface area contributed by atoms with Gasteiger partial charge in [-0.05, 0) is 62.4 Å². The van der Waals surface area contributed by atoms with Crippen LogP contribution >= 0.6 is 11.3 Å². The fourth-order valence-electron chi connectivity index (χ4n) is 3.37. The fraction of sp³-hybridized carbons (Fsp3) is 0.429. The number of hydrogen-bond donors (Lipinski definition) is 2. The van der Waals surface area contributed by atoms with Gasteiger partial charge in [-0.15, -0.1) is 11.3 Å². The van der Waals surface area contributed by atoms with Gasteiger partial charge in [0.15, 0.2) is 0 Å². The summed E-state index contributed by atoms with van der Waals surface area (Å²) in [6, 6.07) is 7.03. The fourth-order valence-corrected chi connectivity index (χ4v) is 4.66. The second-order valence-corrected chi connectivity index (χ2v) is 8.12. The largest absolute Gasteiger partial charge is 0.494 e. The van der Waals surface area contributed by atoms with E-state index in [9.17, 15) is 9.59 Å². The van der Waals surface area contributed by atoms with Crippen LogP contribution in [0, 0.1) is 0 Å². The highest BCUT2D eigenvalue weighted by Gasteiger charge is 2.26. The molecule has 28 heavy (non-hydrogen) atoms. The first-order chi connectivity index (χ1) is 13.5. The number of benzene rings is 1. The number of rotatable bonds is 6. The molecule has 0 atom stereocenters. The van der Waals surface area contributed by atoms with Crippen LogP contribution in [0.1, 0.15) is 57.3 Å². The number of carbonyl (C=O) groups is 2. The minimum atomic E-state index is -0.224. The molecule has 2 amide bonds. The molecule has 150 valence electrons. The van der Waals surface area contributed by atoms with Crippen molar-refractivity contribution in [1.82, 2.24) is 10.4 Å². The van der Waals surface area contributed by atoms with Crippen molar-refractivity contribution in [2.75, 3.05) is 26.0 Å². The topological polar surface area (TPSA) is 70.7 Å². The average Bonchev–Trinajstić information content (AvgIpc) is 2.82. The van der Waals surface area contributed by atoms with Gasteiger partial charge in [0, 0.05) is 24.5 Å². The summed E-state index contributed by atoms with van der Waals surface area (Å²) in [5, 5.41) is 5.23. The Kier molecular flexibility index (Phi) is 6.70. The molecule has 0 aliphatic heterocycles. The molecule has 1 aliphatic carbocycles. The molecule has 0 unspecified atom stereocenters. The molecular weight excluding hydrogens is 374 g/mol. The summed E-state index contributed by atoms with van der Waals surface area (Å²) in [7, 11) is 3.56. The Morgan fingerprint density at radius 2 is 1.79 bits per heavy atom. The molecule has 7 heteroatoms. The summed E-state index contributed by atoms with van der Waals surface area (Å²) in [5.74, 6) is 0.331. The molecule has 2 aromatic rings. The van der Waals surface area contributed by atoms with Crippen LogP contribution in [0.15, 0.2) is 24.3 Å². The number of fused-ring (bicyclic) bond motifs is 1. The number of aryl methyl sites for hydroxylation is 1. The SMILES string of the molecule is CCOc1ccc(C(=O)Nc2sc3c(c2C(=O)NN(C)C)CCCCC3)cc1. The highest BCUT2D eigenvalue weighted by atomic mass is 32.1. The van der Waals surface area contributed by atoms with Crippen molar-refractivity contribution in [1.29, 1.82) is 0 Å². The third kappa shape index (κ3) is 4.72. The van der Waals surface area contributed by atoms with Crippen molar-refractivity contribution in [3.05, 3.63) is 45.8 Å². The number of hydrazine groups is 1. The smallest absolute Gasteiger partial charge is 0.268 e. The lowest BCUT2D eigenvalue weighted by atomic mass is 10.0. The lowest BCUT2D eigenvalue weighted by Gasteiger charge is -2.14. The van der Waals surface area contributed by atoms with Gasteiger partial charge in [-0.2, -0.15) is 0 Å². The second-order valence-electron chi connectivity index (χ2n) is 7.02. The third-order valence-electron chi connectivity index (χ3n) is 4.63. The molecule has 0 radical (unpaired) electrons. The van der Waals surface area contributed by atoms with E-state index >= 15 is 0 Å². The maximum atomic E-state index is 12.8. The van der Waals surface area contributed by atoms with Gasteiger partial charge in [0.2, 0.25) is 0 Å². The van der Waals surface area contributed by atoms with Gasteiger partial charge in [0.1, 0.15) is 10.8 Å². The zero-order chi connectivity index (χ0) is 20.1. The molecule has 3 rings (SSSR count).